The highest BCUT2D eigenvalue weighted by molar-refractivity contribution is 9.10. The van der Waals surface area contributed by atoms with Gasteiger partial charge in [0, 0.05) is 4.47 Å². The van der Waals surface area contributed by atoms with Crippen LogP contribution in [0.1, 0.15) is 13.3 Å². The van der Waals surface area contributed by atoms with E-state index in [-0.39, 0.29) is 18.4 Å². The van der Waals surface area contributed by atoms with Crippen molar-refractivity contribution in [2.45, 2.75) is 19.4 Å². The van der Waals surface area contributed by atoms with Gasteiger partial charge in [-0.15, -0.1) is 0 Å². The summed E-state index contributed by atoms with van der Waals surface area (Å²) in [4.78, 5) is 25.3. The van der Waals surface area contributed by atoms with E-state index >= 15 is 0 Å². The number of nitrogens with zero attached hydrogens (tertiary/aromatic N) is 1. The second kappa shape index (κ2) is 4.87. The molecule has 2 amide bonds. The Morgan fingerprint density at radius 2 is 2.12 bits per heavy atom. The molecule has 1 aromatic rings. The number of benzene rings is 1. The molecule has 0 bridgehead atoms. The topological polar surface area (TPSA) is 49.4 Å². The molecule has 1 N–H and O–H groups in total. The van der Waals surface area contributed by atoms with Gasteiger partial charge in [0.2, 0.25) is 11.8 Å². The Morgan fingerprint density at radius 1 is 1.41 bits per heavy atom. The highest BCUT2D eigenvalue weighted by Gasteiger charge is 2.34. The number of halogens is 1. The second-order valence-electron chi connectivity index (χ2n) is 3.86. The predicted octanol–water partition coefficient (Wildman–Crippen LogP) is 1.69. The Morgan fingerprint density at radius 3 is 2.76 bits per heavy atom. The first-order valence-electron chi connectivity index (χ1n) is 5.49. The summed E-state index contributed by atoms with van der Waals surface area (Å²) in [5, 5.41) is 2.61. The normalized spacial score (nSPS) is 20.4. The van der Waals surface area contributed by atoms with Gasteiger partial charge >= 0.3 is 0 Å². The molecule has 5 heteroatoms. The number of hydrogen-bond donors (Lipinski definition) is 1. The van der Waals surface area contributed by atoms with Crippen LogP contribution in [0.2, 0.25) is 0 Å². The summed E-state index contributed by atoms with van der Waals surface area (Å²) in [6, 6.07) is 7.01. The molecule has 2 rings (SSSR count). The lowest BCUT2D eigenvalue weighted by molar-refractivity contribution is -0.131. The summed E-state index contributed by atoms with van der Waals surface area (Å²) >= 11 is 3.41. The molecule has 1 heterocycles. The molecule has 1 saturated heterocycles. The third-order valence-electron chi connectivity index (χ3n) is 2.80. The lowest BCUT2D eigenvalue weighted by Gasteiger charge is -2.34. The van der Waals surface area contributed by atoms with E-state index in [2.05, 4.69) is 21.2 Å². The molecule has 1 aliphatic rings. The number of hydrogen-bond acceptors (Lipinski definition) is 2. The second-order valence-corrected chi connectivity index (χ2v) is 4.71. The number of amides is 2. The zero-order chi connectivity index (χ0) is 12.4. The predicted molar refractivity (Wildman–Crippen MR) is 68.7 cm³/mol. The molecule has 0 aromatic heterocycles. The molecule has 4 nitrogen and oxygen atoms in total. The average molecular weight is 297 g/mol. The van der Waals surface area contributed by atoms with E-state index < -0.39 is 6.04 Å². The van der Waals surface area contributed by atoms with E-state index in [0.717, 1.165) is 10.2 Å². The number of para-hydroxylation sites is 1. The first kappa shape index (κ1) is 12.1. The number of nitrogens with one attached hydrogen (secondary N) is 1. The Hall–Kier alpha value is -1.36. The summed E-state index contributed by atoms with van der Waals surface area (Å²) < 4.78 is 0.821. The zero-order valence-electron chi connectivity index (χ0n) is 9.44. The summed E-state index contributed by atoms with van der Waals surface area (Å²) in [5.41, 5.74) is 0.749. The maximum atomic E-state index is 12.0. The van der Waals surface area contributed by atoms with Crippen LogP contribution < -0.4 is 10.2 Å². The Labute approximate surface area is 108 Å². The summed E-state index contributed by atoms with van der Waals surface area (Å²) in [7, 11) is 0. The lowest BCUT2D eigenvalue weighted by atomic mass is 10.1. The zero-order valence-corrected chi connectivity index (χ0v) is 11.0. The van der Waals surface area contributed by atoms with Gasteiger partial charge in [0.15, 0.2) is 0 Å². The van der Waals surface area contributed by atoms with Gasteiger partial charge in [-0.1, -0.05) is 19.1 Å². The summed E-state index contributed by atoms with van der Waals surface area (Å²) in [6.45, 7) is 1.96. The number of carbonyl (C=O) groups is 2. The van der Waals surface area contributed by atoms with Crippen LogP contribution in [0.3, 0.4) is 0 Å². The fourth-order valence-electron chi connectivity index (χ4n) is 1.97. The van der Waals surface area contributed by atoms with Gasteiger partial charge in [0.05, 0.1) is 12.2 Å². The first-order chi connectivity index (χ1) is 8.15. The van der Waals surface area contributed by atoms with Crippen molar-refractivity contribution in [3.05, 3.63) is 28.7 Å². The molecule has 0 radical (unpaired) electrons. The van der Waals surface area contributed by atoms with Crippen LogP contribution in [-0.2, 0) is 9.59 Å². The highest BCUT2D eigenvalue weighted by atomic mass is 79.9. The molecule has 1 aromatic carbocycles. The molecule has 1 aliphatic heterocycles. The van der Waals surface area contributed by atoms with Gasteiger partial charge in [-0.3, -0.25) is 14.5 Å². The maximum absolute atomic E-state index is 12.0. The molecule has 0 spiro atoms. The minimum absolute atomic E-state index is 0.0661. The van der Waals surface area contributed by atoms with Gasteiger partial charge in [0.25, 0.3) is 0 Å². The fraction of sp³-hybridized carbons (Fsp3) is 0.333. The molecule has 0 saturated carbocycles. The van der Waals surface area contributed by atoms with Crippen LogP contribution in [0, 0.1) is 0 Å². The number of piperazine rings is 1. The van der Waals surface area contributed by atoms with E-state index in [1.165, 1.54) is 0 Å². The van der Waals surface area contributed by atoms with Crippen LogP contribution in [-0.4, -0.2) is 24.4 Å². The van der Waals surface area contributed by atoms with E-state index in [1.54, 1.807) is 4.90 Å². The Bertz CT molecular complexity index is 462. The van der Waals surface area contributed by atoms with Crippen molar-refractivity contribution in [3.63, 3.8) is 0 Å². The smallest absolute Gasteiger partial charge is 0.247 e. The Balaban J connectivity index is 2.43. The monoisotopic (exact) mass is 296 g/mol. The van der Waals surface area contributed by atoms with Gasteiger partial charge < -0.3 is 5.32 Å². The molecule has 1 unspecified atom stereocenters. The van der Waals surface area contributed by atoms with Gasteiger partial charge in [-0.05, 0) is 34.5 Å². The van der Waals surface area contributed by atoms with Crippen molar-refractivity contribution in [1.82, 2.24) is 5.32 Å². The van der Waals surface area contributed by atoms with Crippen LogP contribution >= 0.6 is 15.9 Å². The van der Waals surface area contributed by atoms with Crippen LogP contribution in [0.5, 0.6) is 0 Å². The van der Waals surface area contributed by atoms with E-state index in [1.807, 2.05) is 31.2 Å². The van der Waals surface area contributed by atoms with Crippen molar-refractivity contribution in [2.24, 2.45) is 0 Å². The van der Waals surface area contributed by atoms with Crippen molar-refractivity contribution in [1.29, 1.82) is 0 Å². The summed E-state index contributed by atoms with van der Waals surface area (Å²) in [6.07, 6.45) is 0.596. The van der Waals surface area contributed by atoms with Crippen LogP contribution in [0.4, 0.5) is 5.69 Å². The molecule has 1 atom stereocenters. The minimum atomic E-state index is -0.421. The third kappa shape index (κ3) is 2.20. The van der Waals surface area contributed by atoms with Crippen LogP contribution in [0.25, 0.3) is 0 Å². The molecular weight excluding hydrogens is 284 g/mol. The van der Waals surface area contributed by atoms with E-state index in [9.17, 15) is 9.59 Å². The molecule has 1 fully saturated rings. The minimum Gasteiger partial charge on any atom is -0.345 e. The SMILES string of the molecule is CCC1C(=O)NCC(=O)N1c1ccccc1Br. The number of carbonyl (C=O) groups excluding carboxylic acids is 2. The van der Waals surface area contributed by atoms with Crippen molar-refractivity contribution in [2.75, 3.05) is 11.4 Å². The molecular formula is C12H13BrN2O2. The van der Waals surface area contributed by atoms with Gasteiger partial charge in [-0.2, -0.15) is 0 Å². The van der Waals surface area contributed by atoms with Crippen LogP contribution in [0.15, 0.2) is 28.7 Å². The van der Waals surface area contributed by atoms with Crippen molar-refractivity contribution in [3.8, 4) is 0 Å². The average Bonchev–Trinajstić information content (AvgIpc) is 2.33. The third-order valence-corrected chi connectivity index (χ3v) is 3.47. The lowest BCUT2D eigenvalue weighted by Crippen LogP contribution is -2.58. The van der Waals surface area contributed by atoms with E-state index in [0.29, 0.717) is 6.42 Å². The van der Waals surface area contributed by atoms with Gasteiger partial charge in [-0.25, -0.2) is 0 Å². The van der Waals surface area contributed by atoms with Crippen molar-refractivity contribution >= 4 is 33.4 Å². The first-order valence-corrected chi connectivity index (χ1v) is 6.28. The molecule has 17 heavy (non-hydrogen) atoms. The Kier molecular flexibility index (Phi) is 3.47. The fourth-order valence-corrected chi connectivity index (χ4v) is 2.45. The van der Waals surface area contributed by atoms with Crippen molar-refractivity contribution < 1.29 is 9.59 Å². The molecule has 90 valence electrons. The van der Waals surface area contributed by atoms with Gasteiger partial charge in [0.1, 0.15) is 6.04 Å². The quantitative estimate of drug-likeness (QED) is 0.903. The van der Waals surface area contributed by atoms with E-state index in [4.69, 9.17) is 0 Å². The summed E-state index contributed by atoms with van der Waals surface area (Å²) in [5.74, 6) is -0.175. The number of anilines is 1. The maximum Gasteiger partial charge on any atom is 0.247 e. The number of rotatable bonds is 2. The standard InChI is InChI=1S/C12H13BrN2O2/c1-2-9-12(17)14-7-11(16)15(9)10-6-4-3-5-8(10)13/h3-6,9H,2,7H2,1H3,(H,14,17). The largest absolute Gasteiger partial charge is 0.345 e. The highest BCUT2D eigenvalue weighted by Crippen LogP contribution is 2.29. The molecule has 0 aliphatic carbocycles.